The Morgan fingerprint density at radius 1 is 1.30 bits per heavy atom. The fourth-order valence-corrected chi connectivity index (χ4v) is 3.91. The van der Waals surface area contributed by atoms with E-state index in [0.29, 0.717) is 6.54 Å². The van der Waals surface area contributed by atoms with Crippen LogP contribution < -0.4 is 5.32 Å². The van der Waals surface area contributed by atoms with E-state index in [4.69, 9.17) is 5.11 Å². The molecule has 1 fully saturated rings. The number of aliphatic hydroxyl groups excluding tert-OH is 1. The van der Waals surface area contributed by atoms with Gasteiger partial charge in [0.25, 0.3) is 0 Å². The standard InChI is InChI=1S/C17H29N3O2S/c1-17(2,3)16(14-5-4-12-23-14)18-15(22)13-20-8-6-19(7-9-20)10-11-21/h4-5,12,16,21H,6-11,13H2,1-3H3,(H,18,22)/t16-/m1/s1. The lowest BCUT2D eigenvalue weighted by molar-refractivity contribution is -0.124. The number of nitrogens with one attached hydrogen (secondary N) is 1. The number of aliphatic hydroxyl groups is 1. The van der Waals surface area contributed by atoms with Gasteiger partial charge in [0.1, 0.15) is 0 Å². The first kappa shape index (κ1) is 18.4. The van der Waals surface area contributed by atoms with Crippen molar-refractivity contribution in [1.29, 1.82) is 0 Å². The van der Waals surface area contributed by atoms with Crippen LogP contribution in [-0.2, 0) is 4.79 Å². The van der Waals surface area contributed by atoms with Crippen molar-refractivity contribution in [2.24, 2.45) is 5.41 Å². The number of nitrogens with zero attached hydrogens (tertiary/aromatic N) is 2. The predicted octanol–water partition coefficient (Wildman–Crippen LogP) is 1.56. The highest BCUT2D eigenvalue weighted by Gasteiger charge is 2.29. The van der Waals surface area contributed by atoms with E-state index in [0.717, 1.165) is 32.7 Å². The highest BCUT2D eigenvalue weighted by Crippen LogP contribution is 2.35. The summed E-state index contributed by atoms with van der Waals surface area (Å²) in [6, 6.07) is 4.17. The third-order valence-electron chi connectivity index (χ3n) is 4.25. The van der Waals surface area contributed by atoms with Crippen LogP contribution in [0.5, 0.6) is 0 Å². The van der Waals surface area contributed by atoms with Gasteiger partial charge in [-0.1, -0.05) is 26.8 Å². The van der Waals surface area contributed by atoms with Crippen molar-refractivity contribution >= 4 is 17.2 Å². The van der Waals surface area contributed by atoms with Crippen LogP contribution in [-0.4, -0.2) is 66.7 Å². The fourth-order valence-electron chi connectivity index (χ4n) is 2.89. The smallest absolute Gasteiger partial charge is 0.234 e. The molecule has 0 bridgehead atoms. The SMILES string of the molecule is CC(C)(C)[C@H](NC(=O)CN1CCN(CCO)CC1)c1cccs1. The van der Waals surface area contributed by atoms with Crippen LogP contribution in [0.4, 0.5) is 0 Å². The first-order valence-corrected chi connectivity index (χ1v) is 9.16. The second-order valence-electron chi connectivity index (χ2n) is 7.22. The second-order valence-corrected chi connectivity index (χ2v) is 8.20. The summed E-state index contributed by atoms with van der Waals surface area (Å²) in [5.74, 6) is 0.0916. The first-order valence-electron chi connectivity index (χ1n) is 8.28. The number of thiophene rings is 1. The van der Waals surface area contributed by atoms with E-state index in [-0.39, 0.29) is 24.0 Å². The normalized spacial score (nSPS) is 18.8. The maximum absolute atomic E-state index is 12.5. The van der Waals surface area contributed by atoms with Gasteiger partial charge in [0.05, 0.1) is 19.2 Å². The monoisotopic (exact) mass is 339 g/mol. The van der Waals surface area contributed by atoms with Gasteiger partial charge in [-0.25, -0.2) is 0 Å². The molecule has 1 saturated heterocycles. The molecule has 0 radical (unpaired) electrons. The minimum absolute atomic E-state index is 0.0136. The van der Waals surface area contributed by atoms with E-state index in [9.17, 15) is 4.79 Å². The summed E-state index contributed by atoms with van der Waals surface area (Å²) in [6.45, 7) is 11.5. The zero-order valence-corrected chi connectivity index (χ0v) is 15.2. The molecule has 1 aliphatic rings. The van der Waals surface area contributed by atoms with Crippen LogP contribution in [0, 0.1) is 5.41 Å². The van der Waals surface area contributed by atoms with E-state index < -0.39 is 0 Å². The highest BCUT2D eigenvalue weighted by molar-refractivity contribution is 7.10. The first-order chi connectivity index (χ1) is 10.9. The van der Waals surface area contributed by atoms with Crippen molar-refractivity contribution in [1.82, 2.24) is 15.1 Å². The Morgan fingerprint density at radius 2 is 1.96 bits per heavy atom. The lowest BCUT2D eigenvalue weighted by Gasteiger charge is -2.35. The van der Waals surface area contributed by atoms with Crippen LogP contribution in [0.15, 0.2) is 17.5 Å². The summed E-state index contributed by atoms with van der Waals surface area (Å²) in [5.41, 5.74) is -0.0136. The molecule has 0 aliphatic carbocycles. The number of hydrogen-bond acceptors (Lipinski definition) is 5. The molecule has 1 aromatic heterocycles. The Balaban J connectivity index is 1.86. The molecule has 23 heavy (non-hydrogen) atoms. The van der Waals surface area contributed by atoms with Crippen LogP contribution in [0.2, 0.25) is 0 Å². The molecule has 0 saturated carbocycles. The molecule has 0 spiro atoms. The number of carbonyl (C=O) groups excluding carboxylic acids is 1. The summed E-state index contributed by atoms with van der Waals surface area (Å²) in [5, 5.41) is 14.3. The average molecular weight is 340 g/mol. The Morgan fingerprint density at radius 3 is 2.48 bits per heavy atom. The molecule has 0 aromatic carbocycles. The molecule has 2 N–H and O–H groups in total. The van der Waals surface area contributed by atoms with Gasteiger partial charge >= 0.3 is 0 Å². The Kier molecular flexibility index (Phi) is 6.59. The van der Waals surface area contributed by atoms with Gasteiger partial charge in [-0.15, -0.1) is 11.3 Å². The molecule has 1 amide bonds. The Labute approximate surface area is 143 Å². The molecule has 1 atom stereocenters. The summed E-state index contributed by atoms with van der Waals surface area (Å²) >= 11 is 1.69. The molecule has 6 heteroatoms. The summed E-state index contributed by atoms with van der Waals surface area (Å²) < 4.78 is 0. The van der Waals surface area contributed by atoms with Gasteiger partial charge in [-0.3, -0.25) is 14.6 Å². The van der Waals surface area contributed by atoms with Crippen molar-refractivity contribution in [3.63, 3.8) is 0 Å². The number of carbonyl (C=O) groups is 1. The lowest BCUT2D eigenvalue weighted by atomic mass is 9.85. The number of rotatable bonds is 6. The van der Waals surface area contributed by atoms with E-state index in [2.05, 4.69) is 47.3 Å². The topological polar surface area (TPSA) is 55.8 Å². The number of β-amino-alcohol motifs (C(OH)–C–C–N with tert-alkyl or cyclic N) is 1. The van der Waals surface area contributed by atoms with Crippen molar-refractivity contribution in [2.75, 3.05) is 45.9 Å². The molecule has 0 unspecified atom stereocenters. The van der Waals surface area contributed by atoms with E-state index in [1.54, 1.807) is 11.3 Å². The number of amides is 1. The van der Waals surface area contributed by atoms with Gasteiger partial charge in [0.15, 0.2) is 0 Å². The summed E-state index contributed by atoms with van der Waals surface area (Å²) in [4.78, 5) is 18.1. The quantitative estimate of drug-likeness (QED) is 0.826. The zero-order chi connectivity index (χ0) is 16.9. The molecular weight excluding hydrogens is 310 g/mol. The van der Waals surface area contributed by atoms with Crippen LogP contribution in [0.3, 0.4) is 0 Å². The maximum atomic E-state index is 12.5. The van der Waals surface area contributed by atoms with Crippen molar-refractivity contribution in [2.45, 2.75) is 26.8 Å². The van der Waals surface area contributed by atoms with Gasteiger partial charge in [0, 0.05) is 37.6 Å². The third-order valence-corrected chi connectivity index (χ3v) is 5.18. The maximum Gasteiger partial charge on any atom is 0.234 e. The molecule has 2 rings (SSSR count). The summed E-state index contributed by atoms with van der Waals surface area (Å²) in [7, 11) is 0. The third kappa shape index (κ3) is 5.57. The van der Waals surface area contributed by atoms with E-state index >= 15 is 0 Å². The van der Waals surface area contributed by atoms with Gasteiger partial charge in [0.2, 0.25) is 5.91 Å². The molecule has 130 valence electrons. The minimum Gasteiger partial charge on any atom is -0.395 e. The predicted molar refractivity (Wildman–Crippen MR) is 94.6 cm³/mol. The molecular formula is C17H29N3O2S. The van der Waals surface area contributed by atoms with E-state index in [1.807, 2.05) is 6.07 Å². The highest BCUT2D eigenvalue weighted by atomic mass is 32.1. The Hall–Kier alpha value is -0.950. The average Bonchev–Trinajstić information content (AvgIpc) is 3.00. The van der Waals surface area contributed by atoms with Crippen molar-refractivity contribution < 1.29 is 9.90 Å². The number of piperazine rings is 1. The van der Waals surface area contributed by atoms with Gasteiger partial charge in [-0.05, 0) is 16.9 Å². The van der Waals surface area contributed by atoms with E-state index in [1.165, 1.54) is 4.88 Å². The van der Waals surface area contributed by atoms with Crippen molar-refractivity contribution in [3.8, 4) is 0 Å². The van der Waals surface area contributed by atoms with Crippen LogP contribution in [0.1, 0.15) is 31.7 Å². The van der Waals surface area contributed by atoms with Gasteiger partial charge < -0.3 is 10.4 Å². The lowest BCUT2D eigenvalue weighted by Crippen LogP contribution is -2.50. The minimum atomic E-state index is -0.0136. The van der Waals surface area contributed by atoms with Crippen LogP contribution >= 0.6 is 11.3 Å². The number of hydrogen-bond donors (Lipinski definition) is 2. The van der Waals surface area contributed by atoms with Crippen LogP contribution in [0.25, 0.3) is 0 Å². The van der Waals surface area contributed by atoms with Crippen molar-refractivity contribution in [3.05, 3.63) is 22.4 Å². The second kappa shape index (κ2) is 8.24. The van der Waals surface area contributed by atoms with Gasteiger partial charge in [-0.2, -0.15) is 0 Å². The fraction of sp³-hybridized carbons (Fsp3) is 0.706. The Bertz CT molecular complexity index is 477. The largest absolute Gasteiger partial charge is 0.395 e. The molecule has 2 heterocycles. The molecule has 1 aromatic rings. The molecule has 5 nitrogen and oxygen atoms in total. The summed E-state index contributed by atoms with van der Waals surface area (Å²) in [6.07, 6.45) is 0. The molecule has 1 aliphatic heterocycles. The zero-order valence-electron chi connectivity index (χ0n) is 14.4.